The van der Waals surface area contributed by atoms with Gasteiger partial charge in [-0.15, -0.1) is 0 Å². The molecule has 1 aliphatic rings. The molecule has 1 aromatic rings. The molecule has 0 heterocycles. The Kier molecular flexibility index (Phi) is 3.97. The van der Waals surface area contributed by atoms with E-state index in [1.165, 1.54) is 0 Å². The molecule has 0 bridgehead atoms. The molecule has 1 saturated carbocycles. The Labute approximate surface area is 118 Å². The zero-order valence-electron chi connectivity index (χ0n) is 10.6. The fourth-order valence-electron chi connectivity index (χ4n) is 2.46. The Balaban J connectivity index is 2.45. The average molecular weight is 301 g/mol. The first-order valence-electron chi connectivity index (χ1n) is 6.09. The summed E-state index contributed by atoms with van der Waals surface area (Å²) in [5, 5.41) is 69.6. The monoisotopic (exact) mass is 301 g/mol. The van der Waals surface area contributed by atoms with E-state index in [4.69, 9.17) is 0 Å². The Morgan fingerprint density at radius 2 is 1.33 bits per heavy atom. The van der Waals surface area contributed by atoms with E-state index in [0.717, 1.165) is 24.3 Å². The normalized spacial score (nSPS) is 40.0. The summed E-state index contributed by atoms with van der Waals surface area (Å²) in [6.45, 7) is 0. The highest BCUT2D eigenvalue weighted by Crippen LogP contribution is 2.38. The molecule has 2 unspecified atom stereocenters. The van der Waals surface area contributed by atoms with Gasteiger partial charge < -0.3 is 30.6 Å². The second-order valence-corrected chi connectivity index (χ2v) is 4.99. The van der Waals surface area contributed by atoms with E-state index in [9.17, 15) is 40.8 Å². The maximum absolute atomic E-state index is 10.6. The number of aliphatic hydroxyl groups is 6. The van der Waals surface area contributed by atoms with Crippen LogP contribution >= 0.6 is 0 Å². The number of rotatable bonds is 2. The number of hydrogen-bond donors (Lipinski definition) is 6. The first-order valence-corrected chi connectivity index (χ1v) is 6.09. The lowest BCUT2D eigenvalue weighted by Crippen LogP contribution is -2.68. The first kappa shape index (κ1) is 15.8. The summed E-state index contributed by atoms with van der Waals surface area (Å²) < 4.78 is 0. The van der Waals surface area contributed by atoms with E-state index in [-0.39, 0.29) is 11.3 Å². The summed E-state index contributed by atoms with van der Waals surface area (Å²) in [6.07, 6.45) is -9.62. The molecule has 2 rings (SSSR count). The molecular weight excluding hydrogens is 286 g/mol. The predicted octanol–water partition coefficient (Wildman–Crippen LogP) is -2.40. The van der Waals surface area contributed by atoms with Crippen LogP contribution in [0.4, 0.5) is 5.69 Å². The summed E-state index contributed by atoms with van der Waals surface area (Å²) in [5.41, 5.74) is -2.89. The van der Waals surface area contributed by atoms with Gasteiger partial charge in [-0.25, -0.2) is 0 Å². The van der Waals surface area contributed by atoms with Crippen LogP contribution in [0.5, 0.6) is 0 Å². The SMILES string of the molecule is O=[N+]([O-])c1ccc(C2(O)[C@H](O)[C@H](O)C(O)[C@H](O)[C@H]2O)cc1. The van der Waals surface area contributed by atoms with Crippen molar-refractivity contribution in [1.29, 1.82) is 0 Å². The third-order valence-electron chi connectivity index (χ3n) is 3.79. The van der Waals surface area contributed by atoms with Crippen LogP contribution in [0.3, 0.4) is 0 Å². The summed E-state index contributed by atoms with van der Waals surface area (Å²) in [6, 6.07) is 4.25. The lowest BCUT2D eigenvalue weighted by atomic mass is 9.71. The van der Waals surface area contributed by atoms with E-state index in [2.05, 4.69) is 0 Å². The number of non-ortho nitro benzene ring substituents is 1. The Morgan fingerprint density at radius 3 is 1.71 bits per heavy atom. The number of nitro groups is 1. The van der Waals surface area contributed by atoms with E-state index in [0.29, 0.717) is 0 Å². The second kappa shape index (κ2) is 5.30. The van der Waals surface area contributed by atoms with Gasteiger partial charge >= 0.3 is 0 Å². The maximum atomic E-state index is 10.6. The molecule has 0 saturated heterocycles. The molecule has 6 N–H and O–H groups in total. The standard InChI is InChI=1S/C12H15NO8/c14-7-8(15)10(17)12(19,11(18)9(7)16)5-1-3-6(4-2-5)13(20)21/h1-4,7-11,14-19H/t7?,8-,9+,10-,11-,12?/m1/s1. The van der Waals surface area contributed by atoms with Crippen molar-refractivity contribution < 1.29 is 35.6 Å². The van der Waals surface area contributed by atoms with Crippen molar-refractivity contribution in [1.82, 2.24) is 0 Å². The van der Waals surface area contributed by atoms with Crippen molar-refractivity contribution >= 4 is 5.69 Å². The number of aliphatic hydroxyl groups excluding tert-OH is 5. The van der Waals surface area contributed by atoms with Crippen molar-refractivity contribution in [3.63, 3.8) is 0 Å². The Morgan fingerprint density at radius 1 is 0.905 bits per heavy atom. The number of nitro benzene ring substituents is 1. The van der Waals surface area contributed by atoms with Crippen LogP contribution in [0, 0.1) is 10.1 Å². The highest BCUT2D eigenvalue weighted by atomic mass is 16.6. The molecule has 9 heteroatoms. The molecule has 116 valence electrons. The van der Waals surface area contributed by atoms with Gasteiger partial charge in [-0.2, -0.15) is 0 Å². The average Bonchev–Trinajstić information content (AvgIpc) is 2.49. The van der Waals surface area contributed by atoms with Crippen molar-refractivity contribution in [2.45, 2.75) is 36.1 Å². The van der Waals surface area contributed by atoms with Crippen LogP contribution in [0.2, 0.25) is 0 Å². The topological polar surface area (TPSA) is 165 Å². The van der Waals surface area contributed by atoms with Crippen molar-refractivity contribution in [2.75, 3.05) is 0 Å². The van der Waals surface area contributed by atoms with Crippen LogP contribution in [0.15, 0.2) is 24.3 Å². The predicted molar refractivity (Wildman–Crippen MR) is 67.0 cm³/mol. The molecule has 6 atom stereocenters. The van der Waals surface area contributed by atoms with Crippen LogP contribution in [0.1, 0.15) is 5.56 Å². The summed E-state index contributed by atoms with van der Waals surface area (Å²) in [5.74, 6) is 0. The molecule has 1 aromatic carbocycles. The lowest BCUT2D eigenvalue weighted by molar-refractivity contribution is -0.384. The molecule has 21 heavy (non-hydrogen) atoms. The second-order valence-electron chi connectivity index (χ2n) is 4.99. The van der Waals surface area contributed by atoms with Crippen molar-refractivity contribution in [3.8, 4) is 0 Å². The van der Waals surface area contributed by atoms with Gasteiger partial charge in [-0.05, 0) is 17.7 Å². The van der Waals surface area contributed by atoms with E-state index in [1.807, 2.05) is 0 Å². The summed E-state index contributed by atoms with van der Waals surface area (Å²) in [7, 11) is 0. The smallest absolute Gasteiger partial charge is 0.269 e. The van der Waals surface area contributed by atoms with Crippen molar-refractivity contribution in [3.05, 3.63) is 39.9 Å². The van der Waals surface area contributed by atoms with E-state index in [1.54, 1.807) is 0 Å². The fourth-order valence-corrected chi connectivity index (χ4v) is 2.46. The maximum Gasteiger partial charge on any atom is 0.269 e. The highest BCUT2D eigenvalue weighted by Gasteiger charge is 2.58. The van der Waals surface area contributed by atoms with Crippen LogP contribution in [0.25, 0.3) is 0 Å². The van der Waals surface area contributed by atoms with Gasteiger partial charge in [0.2, 0.25) is 0 Å². The van der Waals surface area contributed by atoms with Gasteiger partial charge in [0.1, 0.15) is 36.1 Å². The number of benzene rings is 1. The van der Waals surface area contributed by atoms with Crippen molar-refractivity contribution in [2.24, 2.45) is 0 Å². The molecule has 0 aliphatic heterocycles. The van der Waals surface area contributed by atoms with E-state index < -0.39 is 41.0 Å². The molecule has 0 radical (unpaired) electrons. The molecule has 1 aliphatic carbocycles. The third kappa shape index (κ3) is 2.29. The molecular formula is C12H15NO8. The molecule has 1 fully saturated rings. The summed E-state index contributed by atoms with van der Waals surface area (Å²) >= 11 is 0. The minimum Gasteiger partial charge on any atom is -0.387 e. The van der Waals surface area contributed by atoms with Gasteiger partial charge in [0.15, 0.2) is 0 Å². The van der Waals surface area contributed by atoms with Gasteiger partial charge in [-0.1, -0.05) is 0 Å². The van der Waals surface area contributed by atoms with Gasteiger partial charge in [0.05, 0.1) is 4.92 Å². The Hall–Kier alpha value is -1.62. The van der Waals surface area contributed by atoms with Gasteiger partial charge in [-0.3, -0.25) is 10.1 Å². The quantitative estimate of drug-likeness (QED) is 0.260. The van der Waals surface area contributed by atoms with Crippen LogP contribution < -0.4 is 0 Å². The lowest BCUT2D eigenvalue weighted by Gasteiger charge is -2.47. The Bertz CT molecular complexity index is 517. The number of hydrogen-bond acceptors (Lipinski definition) is 8. The fraction of sp³-hybridized carbons (Fsp3) is 0.500. The van der Waals surface area contributed by atoms with Crippen LogP contribution in [-0.2, 0) is 5.60 Å². The minimum atomic E-state index is -2.48. The summed E-state index contributed by atoms with van der Waals surface area (Å²) in [4.78, 5) is 9.90. The third-order valence-corrected chi connectivity index (χ3v) is 3.79. The zero-order valence-corrected chi connectivity index (χ0v) is 10.6. The molecule has 9 nitrogen and oxygen atoms in total. The number of nitrogens with zero attached hydrogens (tertiary/aromatic N) is 1. The first-order chi connectivity index (χ1) is 9.71. The largest absolute Gasteiger partial charge is 0.387 e. The van der Waals surface area contributed by atoms with Gasteiger partial charge in [0, 0.05) is 12.1 Å². The van der Waals surface area contributed by atoms with Crippen LogP contribution in [-0.4, -0.2) is 66.1 Å². The molecule has 0 aromatic heterocycles. The zero-order chi connectivity index (χ0) is 15.9. The molecule has 0 amide bonds. The van der Waals surface area contributed by atoms with Gasteiger partial charge in [0.25, 0.3) is 5.69 Å². The highest BCUT2D eigenvalue weighted by molar-refractivity contribution is 5.37. The van der Waals surface area contributed by atoms with E-state index >= 15 is 0 Å². The minimum absolute atomic E-state index is 0.141. The molecule has 0 spiro atoms.